The Kier molecular flexibility index (Phi) is 10.6. The first-order valence-corrected chi connectivity index (χ1v) is 9.82. The minimum absolute atomic E-state index is 0.0469. The van der Waals surface area contributed by atoms with Gasteiger partial charge in [-0.1, -0.05) is 0 Å². The molecule has 9 nitrogen and oxygen atoms in total. The summed E-state index contributed by atoms with van der Waals surface area (Å²) in [5, 5.41) is 0. The third kappa shape index (κ3) is 9.72. The molecule has 0 spiro atoms. The van der Waals surface area contributed by atoms with E-state index in [4.69, 9.17) is 25.6 Å². The normalized spacial score (nSPS) is 10.1. The molecule has 0 aromatic carbocycles. The van der Waals surface area contributed by atoms with Crippen LogP contribution in [0.3, 0.4) is 0 Å². The Morgan fingerprint density at radius 2 is 0.947 bits per heavy atom. The third-order valence-electron chi connectivity index (χ3n) is 1.57. The summed E-state index contributed by atoms with van der Waals surface area (Å²) in [5.41, 5.74) is 15.5. The van der Waals surface area contributed by atoms with Crippen LogP contribution in [0.2, 0.25) is 0 Å². The molecule has 0 fully saturated rings. The Balaban J connectivity index is 4.40. The molecule has 6 N–H and O–H groups in total. The molecule has 0 bridgehead atoms. The van der Waals surface area contributed by atoms with Gasteiger partial charge in [-0.3, -0.25) is 0 Å². The summed E-state index contributed by atoms with van der Waals surface area (Å²) in [7, 11) is 0. The number of hydrogen-bond acceptors (Lipinski definition) is 9. The number of carbonyl (C=O) groups excluding carboxylic acids is 3. The van der Waals surface area contributed by atoms with E-state index in [-0.39, 0.29) is 38.9 Å². The van der Waals surface area contributed by atoms with Crippen LogP contribution >= 0.6 is 0 Å². The van der Waals surface area contributed by atoms with Crippen molar-refractivity contribution in [2.45, 2.75) is 19.3 Å². The van der Waals surface area contributed by atoms with E-state index in [0.717, 1.165) is 0 Å². The van der Waals surface area contributed by atoms with E-state index in [1.165, 1.54) is 0 Å². The Labute approximate surface area is 120 Å². The summed E-state index contributed by atoms with van der Waals surface area (Å²) >= 11 is -3.91. The van der Waals surface area contributed by atoms with Crippen molar-refractivity contribution < 1.29 is 22.8 Å². The van der Waals surface area contributed by atoms with Gasteiger partial charge in [0, 0.05) is 0 Å². The van der Waals surface area contributed by atoms with Crippen LogP contribution in [-0.4, -0.2) is 60.6 Å². The van der Waals surface area contributed by atoms with Gasteiger partial charge < -0.3 is 0 Å². The molecule has 0 saturated carbocycles. The van der Waals surface area contributed by atoms with Crippen molar-refractivity contribution in [3.63, 3.8) is 0 Å². The maximum absolute atomic E-state index is 11.2. The van der Waals surface area contributed by atoms with Gasteiger partial charge in [0.1, 0.15) is 0 Å². The molecule has 0 saturated heterocycles. The van der Waals surface area contributed by atoms with Crippen LogP contribution in [0.15, 0.2) is 0 Å². The predicted octanol–water partition coefficient (Wildman–Crippen LogP) is -2.35. The molecule has 0 aromatic heterocycles. The van der Waals surface area contributed by atoms with Gasteiger partial charge >= 0.3 is 120 Å². The molecule has 0 aliphatic rings. The molecule has 0 atom stereocenters. The van der Waals surface area contributed by atoms with Crippen LogP contribution in [0.1, 0.15) is 19.3 Å². The van der Waals surface area contributed by atoms with E-state index in [1.807, 2.05) is 0 Å². The Morgan fingerprint density at radius 1 is 0.684 bits per heavy atom. The van der Waals surface area contributed by atoms with Crippen LogP contribution in [0.25, 0.3) is 0 Å². The van der Waals surface area contributed by atoms with Crippen molar-refractivity contribution in [2.75, 3.05) is 19.6 Å². The van der Waals surface area contributed by atoms with E-state index < -0.39 is 41.0 Å². The topological polar surface area (TPSA) is 157 Å². The summed E-state index contributed by atoms with van der Waals surface area (Å²) in [6.45, 7) is 0.262. The summed E-state index contributed by atoms with van der Waals surface area (Å²) in [4.78, 5) is 33.7. The number of hydrogen-bond donors (Lipinski definition) is 3. The predicted molar refractivity (Wildman–Crippen MR) is 65.0 cm³/mol. The molecule has 10 heteroatoms. The van der Waals surface area contributed by atoms with Crippen molar-refractivity contribution in [2.24, 2.45) is 17.2 Å². The van der Waals surface area contributed by atoms with Crippen molar-refractivity contribution in [1.29, 1.82) is 0 Å². The molecule has 0 aliphatic carbocycles. The van der Waals surface area contributed by atoms with E-state index >= 15 is 0 Å². The van der Waals surface area contributed by atoms with E-state index in [1.54, 1.807) is 0 Å². The van der Waals surface area contributed by atoms with Crippen molar-refractivity contribution in [3.05, 3.63) is 0 Å². The third-order valence-corrected chi connectivity index (χ3v) is 5.69. The van der Waals surface area contributed by atoms with Gasteiger partial charge in [0.2, 0.25) is 0 Å². The SMILES string of the molecule is NCCC(=O)[O][Bi]([O]C(=O)CCN)[O]C(=O)CCN. The molecule has 19 heavy (non-hydrogen) atoms. The van der Waals surface area contributed by atoms with Crippen LogP contribution in [-0.2, 0) is 22.8 Å². The monoisotopic (exact) mass is 473 g/mol. The molecular formula is C9H18BiN3O6. The second kappa shape index (κ2) is 11.0. The zero-order valence-electron chi connectivity index (χ0n) is 10.4. The molecular weight excluding hydrogens is 455 g/mol. The summed E-state index contributed by atoms with van der Waals surface area (Å²) in [6.07, 6.45) is -0.141. The van der Waals surface area contributed by atoms with Gasteiger partial charge in [0.25, 0.3) is 0 Å². The van der Waals surface area contributed by atoms with Gasteiger partial charge in [-0.15, -0.1) is 0 Å². The average Bonchev–Trinajstić information content (AvgIpc) is 2.29. The molecule has 0 rings (SSSR count). The van der Waals surface area contributed by atoms with Gasteiger partial charge in [-0.2, -0.15) is 0 Å². The van der Waals surface area contributed by atoms with Crippen LogP contribution < -0.4 is 17.2 Å². The second-order valence-electron chi connectivity index (χ2n) is 3.23. The van der Waals surface area contributed by atoms with E-state index in [9.17, 15) is 14.4 Å². The zero-order chi connectivity index (χ0) is 14.7. The molecule has 0 unspecified atom stereocenters. The Morgan fingerprint density at radius 3 is 1.16 bits per heavy atom. The molecule has 0 aliphatic heterocycles. The van der Waals surface area contributed by atoms with Crippen LogP contribution in [0, 0.1) is 0 Å². The molecule has 0 radical (unpaired) electrons. The summed E-state index contributed by atoms with van der Waals surface area (Å²) in [5.74, 6) is -2.00. The van der Waals surface area contributed by atoms with Crippen LogP contribution in [0.4, 0.5) is 0 Å². The quantitative estimate of drug-likeness (QED) is 0.312. The number of rotatable bonds is 9. The molecule has 0 heterocycles. The van der Waals surface area contributed by atoms with Crippen LogP contribution in [0.5, 0.6) is 0 Å². The van der Waals surface area contributed by atoms with Crippen molar-refractivity contribution >= 4 is 41.0 Å². The summed E-state index contributed by atoms with van der Waals surface area (Å²) in [6, 6.07) is 0. The first kappa shape index (κ1) is 18.2. The summed E-state index contributed by atoms with van der Waals surface area (Å²) < 4.78 is 14.5. The van der Waals surface area contributed by atoms with Gasteiger partial charge in [0.05, 0.1) is 0 Å². The molecule has 0 aromatic rings. The average molecular weight is 473 g/mol. The molecule has 110 valence electrons. The van der Waals surface area contributed by atoms with Gasteiger partial charge in [-0.25, -0.2) is 0 Å². The van der Waals surface area contributed by atoms with E-state index in [0.29, 0.717) is 0 Å². The van der Waals surface area contributed by atoms with E-state index in [2.05, 4.69) is 0 Å². The fourth-order valence-electron chi connectivity index (χ4n) is 0.796. The Bertz CT molecular complexity index is 267. The Hall–Kier alpha value is -0.827. The van der Waals surface area contributed by atoms with Crippen molar-refractivity contribution in [3.8, 4) is 0 Å². The first-order chi connectivity index (χ1) is 9.03. The molecule has 0 amide bonds. The zero-order valence-corrected chi connectivity index (χ0v) is 13.8. The van der Waals surface area contributed by atoms with Gasteiger partial charge in [-0.05, 0) is 0 Å². The second-order valence-corrected chi connectivity index (χ2v) is 7.10. The number of carbonyl (C=O) groups is 3. The first-order valence-electron chi connectivity index (χ1n) is 5.56. The number of nitrogens with two attached hydrogens (primary N) is 3. The maximum atomic E-state index is 11.2. The van der Waals surface area contributed by atoms with Crippen molar-refractivity contribution in [1.82, 2.24) is 0 Å². The minimum atomic E-state index is -3.91. The fourth-order valence-corrected chi connectivity index (χ4v) is 4.23. The standard InChI is InChI=1S/3C3H7NO2.Bi/c3*4-2-1-3(5)6;/h3*1-2,4H2,(H,5,6);/q;;;+3/p-3. The fraction of sp³-hybridized carbons (Fsp3) is 0.667. The van der Waals surface area contributed by atoms with Gasteiger partial charge in [0.15, 0.2) is 0 Å².